The topological polar surface area (TPSA) is 63.5 Å². The van der Waals surface area contributed by atoms with Crippen molar-refractivity contribution in [1.29, 1.82) is 0 Å². The third kappa shape index (κ3) is 3.98. The molecule has 7 nitrogen and oxygen atoms in total. The van der Waals surface area contributed by atoms with Crippen molar-refractivity contribution >= 4 is 5.91 Å². The van der Waals surface area contributed by atoms with Crippen LogP contribution in [0.5, 0.6) is 0 Å². The highest BCUT2D eigenvalue weighted by atomic mass is 16.5. The monoisotopic (exact) mass is 329 g/mol. The normalized spacial score (nSPS) is 16.4. The Hall–Kier alpha value is -2.25. The Morgan fingerprint density at radius 3 is 2.83 bits per heavy atom. The minimum atomic E-state index is 0.148. The van der Waals surface area contributed by atoms with Crippen LogP contribution in [0, 0.1) is 0 Å². The third-order valence-electron chi connectivity index (χ3n) is 4.16. The zero-order valence-electron chi connectivity index (χ0n) is 14.0. The van der Waals surface area contributed by atoms with E-state index in [2.05, 4.69) is 15.0 Å². The lowest BCUT2D eigenvalue weighted by Crippen LogP contribution is -2.38. The molecule has 0 bridgehead atoms. The molecule has 24 heavy (non-hydrogen) atoms. The maximum atomic E-state index is 12.4. The highest BCUT2D eigenvalue weighted by Gasteiger charge is 2.22. The predicted octanol–water partition coefficient (Wildman–Crippen LogP) is 0.948. The molecule has 0 radical (unpaired) electrons. The summed E-state index contributed by atoms with van der Waals surface area (Å²) >= 11 is 0. The highest BCUT2D eigenvalue weighted by Crippen LogP contribution is 2.12. The first-order chi connectivity index (χ1) is 11.8. The predicted molar refractivity (Wildman–Crippen MR) is 89.7 cm³/mol. The summed E-state index contributed by atoms with van der Waals surface area (Å²) in [5.41, 5.74) is 0.980. The van der Waals surface area contributed by atoms with Gasteiger partial charge in [-0.15, -0.1) is 0 Å². The number of ether oxygens (including phenoxy) is 1. The molecular weight excluding hydrogens is 306 g/mol. The van der Waals surface area contributed by atoms with Crippen molar-refractivity contribution in [2.75, 3.05) is 39.9 Å². The van der Waals surface area contributed by atoms with E-state index in [0.29, 0.717) is 26.2 Å². The quantitative estimate of drug-likeness (QED) is 0.789. The van der Waals surface area contributed by atoms with Gasteiger partial charge in [-0.25, -0.2) is 9.67 Å². The smallest absolute Gasteiger partial charge is 0.236 e. The Bertz CT molecular complexity index is 658. The van der Waals surface area contributed by atoms with Crippen molar-refractivity contribution in [3.8, 4) is 5.69 Å². The second kappa shape index (κ2) is 8.03. The van der Waals surface area contributed by atoms with Gasteiger partial charge in [0.15, 0.2) is 0 Å². The van der Waals surface area contributed by atoms with Crippen LogP contribution in [0.25, 0.3) is 5.69 Å². The first-order valence-corrected chi connectivity index (χ1v) is 8.21. The number of para-hydroxylation sites is 1. The van der Waals surface area contributed by atoms with Gasteiger partial charge in [0.2, 0.25) is 5.91 Å². The molecule has 1 saturated heterocycles. The first-order valence-electron chi connectivity index (χ1n) is 8.21. The molecule has 0 saturated carbocycles. The van der Waals surface area contributed by atoms with Gasteiger partial charge in [0.05, 0.1) is 25.4 Å². The van der Waals surface area contributed by atoms with Crippen molar-refractivity contribution in [3.05, 3.63) is 42.5 Å². The van der Waals surface area contributed by atoms with Crippen LogP contribution in [0.4, 0.5) is 0 Å². The summed E-state index contributed by atoms with van der Waals surface area (Å²) in [4.78, 5) is 20.8. The van der Waals surface area contributed by atoms with Gasteiger partial charge in [-0.05, 0) is 18.6 Å². The number of carbonyl (C=O) groups excluding carboxylic acids is 1. The van der Waals surface area contributed by atoms with E-state index in [-0.39, 0.29) is 5.91 Å². The Kier molecular flexibility index (Phi) is 5.55. The fraction of sp³-hybridized carbons (Fsp3) is 0.471. The largest absolute Gasteiger partial charge is 0.383 e. The maximum absolute atomic E-state index is 12.4. The van der Waals surface area contributed by atoms with Crippen LogP contribution in [0.15, 0.2) is 36.7 Å². The fourth-order valence-electron chi connectivity index (χ4n) is 2.91. The van der Waals surface area contributed by atoms with E-state index in [0.717, 1.165) is 31.0 Å². The molecule has 1 fully saturated rings. The van der Waals surface area contributed by atoms with Gasteiger partial charge in [-0.2, -0.15) is 5.10 Å². The van der Waals surface area contributed by atoms with Crippen molar-refractivity contribution in [2.24, 2.45) is 0 Å². The van der Waals surface area contributed by atoms with Crippen molar-refractivity contribution in [3.63, 3.8) is 0 Å². The summed E-state index contributed by atoms with van der Waals surface area (Å²) in [5, 5.41) is 4.32. The van der Waals surface area contributed by atoms with Crippen LogP contribution in [0.3, 0.4) is 0 Å². The fourth-order valence-corrected chi connectivity index (χ4v) is 2.91. The van der Waals surface area contributed by atoms with Gasteiger partial charge >= 0.3 is 0 Å². The molecule has 1 aromatic carbocycles. The summed E-state index contributed by atoms with van der Waals surface area (Å²) in [7, 11) is 1.66. The van der Waals surface area contributed by atoms with Crippen LogP contribution < -0.4 is 0 Å². The van der Waals surface area contributed by atoms with Crippen molar-refractivity contribution in [2.45, 2.75) is 13.0 Å². The van der Waals surface area contributed by atoms with E-state index in [4.69, 9.17) is 4.74 Å². The summed E-state index contributed by atoms with van der Waals surface area (Å²) in [6.45, 7) is 3.91. The second-order valence-electron chi connectivity index (χ2n) is 5.86. The van der Waals surface area contributed by atoms with Gasteiger partial charge in [-0.1, -0.05) is 18.2 Å². The number of benzene rings is 1. The molecule has 2 heterocycles. The molecule has 1 amide bonds. The number of hydrogen-bond acceptors (Lipinski definition) is 5. The average molecular weight is 329 g/mol. The Labute approximate surface area is 141 Å². The van der Waals surface area contributed by atoms with E-state index >= 15 is 0 Å². The SMILES string of the molecule is COCCN1CCCN(Cc2ncnn2-c2ccccc2)CC1=O. The summed E-state index contributed by atoms with van der Waals surface area (Å²) in [6.07, 6.45) is 2.52. The van der Waals surface area contributed by atoms with Gasteiger partial charge in [0.1, 0.15) is 12.2 Å². The number of carbonyl (C=O) groups is 1. The van der Waals surface area contributed by atoms with Crippen LogP contribution >= 0.6 is 0 Å². The minimum Gasteiger partial charge on any atom is -0.383 e. The van der Waals surface area contributed by atoms with Gasteiger partial charge in [0.25, 0.3) is 0 Å². The maximum Gasteiger partial charge on any atom is 0.236 e. The number of amides is 1. The molecule has 0 spiro atoms. The molecule has 1 aliphatic rings. The number of hydrogen-bond donors (Lipinski definition) is 0. The molecular formula is C17H23N5O2. The van der Waals surface area contributed by atoms with E-state index < -0.39 is 0 Å². The van der Waals surface area contributed by atoms with Gasteiger partial charge in [-0.3, -0.25) is 9.69 Å². The average Bonchev–Trinajstić information content (AvgIpc) is 2.98. The highest BCUT2D eigenvalue weighted by molar-refractivity contribution is 5.78. The van der Waals surface area contributed by atoms with E-state index in [1.165, 1.54) is 0 Å². The molecule has 7 heteroatoms. The molecule has 0 aliphatic carbocycles. The zero-order chi connectivity index (χ0) is 16.8. The number of methoxy groups -OCH3 is 1. The van der Waals surface area contributed by atoms with Crippen molar-refractivity contribution in [1.82, 2.24) is 24.6 Å². The number of aromatic nitrogens is 3. The van der Waals surface area contributed by atoms with E-state index in [9.17, 15) is 4.79 Å². The summed E-state index contributed by atoms with van der Waals surface area (Å²) in [5.74, 6) is 0.995. The van der Waals surface area contributed by atoms with Crippen molar-refractivity contribution < 1.29 is 9.53 Å². The molecule has 0 N–H and O–H groups in total. The molecule has 128 valence electrons. The lowest BCUT2D eigenvalue weighted by atomic mass is 10.3. The molecule has 3 rings (SSSR count). The molecule has 2 aromatic rings. The minimum absolute atomic E-state index is 0.148. The summed E-state index contributed by atoms with van der Waals surface area (Å²) < 4.78 is 6.91. The lowest BCUT2D eigenvalue weighted by molar-refractivity contribution is -0.131. The number of nitrogens with zero attached hydrogens (tertiary/aromatic N) is 5. The van der Waals surface area contributed by atoms with Crippen LogP contribution in [-0.2, 0) is 16.1 Å². The molecule has 1 aromatic heterocycles. The van der Waals surface area contributed by atoms with Gasteiger partial charge < -0.3 is 9.64 Å². The van der Waals surface area contributed by atoms with E-state index in [1.807, 2.05) is 39.9 Å². The Morgan fingerprint density at radius 1 is 1.21 bits per heavy atom. The molecule has 0 unspecified atom stereocenters. The third-order valence-corrected chi connectivity index (χ3v) is 4.16. The van der Waals surface area contributed by atoms with E-state index in [1.54, 1.807) is 13.4 Å². The molecule has 0 atom stereocenters. The van der Waals surface area contributed by atoms with Crippen LogP contribution in [0.1, 0.15) is 12.2 Å². The second-order valence-corrected chi connectivity index (χ2v) is 5.86. The van der Waals surface area contributed by atoms with Crippen LogP contribution in [-0.4, -0.2) is 70.4 Å². The Balaban J connectivity index is 1.67. The zero-order valence-corrected chi connectivity index (χ0v) is 14.0. The van der Waals surface area contributed by atoms with Crippen LogP contribution in [0.2, 0.25) is 0 Å². The Morgan fingerprint density at radius 2 is 2.04 bits per heavy atom. The van der Waals surface area contributed by atoms with Gasteiger partial charge in [0, 0.05) is 26.7 Å². The molecule has 1 aliphatic heterocycles. The first kappa shape index (κ1) is 16.6. The summed E-state index contributed by atoms with van der Waals surface area (Å²) in [6, 6.07) is 9.92. The lowest BCUT2D eigenvalue weighted by Gasteiger charge is -2.21. The standard InChI is InChI=1S/C17H23N5O2/c1-24-11-10-21-9-5-8-20(13-17(21)23)12-16-18-14-19-22(16)15-6-3-2-4-7-15/h2-4,6-7,14H,5,8-13H2,1H3. The number of rotatable bonds is 6.